The zero-order chi connectivity index (χ0) is 18.5. The van der Waals surface area contributed by atoms with E-state index in [1.807, 2.05) is 41.5 Å². The molecule has 7 heteroatoms. The first kappa shape index (κ1) is 20.8. The monoisotopic (exact) mass is 343 g/mol. The topological polar surface area (TPSA) is 74.3 Å². The first-order valence-electron chi connectivity index (χ1n) is 8.24. The highest BCUT2D eigenvalue weighted by molar-refractivity contribution is 6.15. The Labute approximate surface area is 143 Å². The quantitative estimate of drug-likeness (QED) is 0.263. The van der Waals surface area contributed by atoms with Crippen LogP contribution in [0.2, 0.25) is 0 Å². The van der Waals surface area contributed by atoms with Crippen molar-refractivity contribution in [2.24, 2.45) is 0 Å². The fourth-order valence-electron chi connectivity index (χ4n) is 1.52. The minimum absolute atomic E-state index is 0.120. The number of carbonyl (C=O) groups is 2. The van der Waals surface area contributed by atoms with Crippen molar-refractivity contribution in [1.29, 1.82) is 0 Å². The Morgan fingerprint density at radius 2 is 1.46 bits per heavy atom. The van der Waals surface area contributed by atoms with E-state index in [-0.39, 0.29) is 12.5 Å². The molecular weight excluding hydrogens is 314 g/mol. The third kappa shape index (κ3) is 5.98. The molecule has 1 aliphatic heterocycles. The SMILES string of the molecule is CCC(C)(C)OOC(CN1C(=O)C=C(C)C1=O)OOC(C)(C)CC. The van der Waals surface area contributed by atoms with E-state index in [0.717, 1.165) is 4.90 Å². The molecule has 0 fully saturated rings. The lowest BCUT2D eigenvalue weighted by Gasteiger charge is -2.29. The van der Waals surface area contributed by atoms with Crippen molar-refractivity contribution in [3.8, 4) is 0 Å². The highest BCUT2D eigenvalue weighted by Crippen LogP contribution is 2.20. The number of amides is 2. The minimum atomic E-state index is -1.05. The lowest BCUT2D eigenvalue weighted by atomic mass is 10.1. The van der Waals surface area contributed by atoms with Gasteiger partial charge in [-0.2, -0.15) is 9.78 Å². The number of carbonyl (C=O) groups excluding carboxylic acids is 2. The second-order valence-electron chi connectivity index (χ2n) is 7.10. The third-order valence-electron chi connectivity index (χ3n) is 3.99. The molecule has 0 aromatic heterocycles. The Morgan fingerprint density at radius 1 is 1.00 bits per heavy atom. The van der Waals surface area contributed by atoms with Gasteiger partial charge in [-0.25, -0.2) is 9.78 Å². The molecule has 0 aromatic carbocycles. The Balaban J connectivity index is 2.74. The summed E-state index contributed by atoms with van der Waals surface area (Å²) in [4.78, 5) is 46.3. The summed E-state index contributed by atoms with van der Waals surface area (Å²) in [6, 6.07) is 0. The molecule has 1 aliphatic rings. The van der Waals surface area contributed by atoms with Crippen molar-refractivity contribution < 1.29 is 29.1 Å². The molecule has 0 aromatic rings. The fraction of sp³-hybridized carbons (Fsp3) is 0.765. The number of hydrogen-bond acceptors (Lipinski definition) is 6. The molecule has 0 atom stereocenters. The van der Waals surface area contributed by atoms with Crippen LogP contribution in [-0.2, 0) is 29.1 Å². The maximum absolute atomic E-state index is 12.0. The molecule has 0 unspecified atom stereocenters. The largest absolute Gasteiger partial charge is 0.270 e. The summed E-state index contributed by atoms with van der Waals surface area (Å²) in [6.45, 7) is 12.8. The standard InChI is InChI=1S/C17H29NO6/c1-8-16(4,5)23-21-14(22-24-17(6,7)9-2)11-18-13(19)10-12(3)15(18)20/h10,14H,8-9,11H2,1-7H3. The van der Waals surface area contributed by atoms with Crippen LogP contribution in [0.1, 0.15) is 61.3 Å². The molecular formula is C17H29NO6. The van der Waals surface area contributed by atoms with Gasteiger partial charge in [-0.05, 0) is 47.5 Å². The van der Waals surface area contributed by atoms with Gasteiger partial charge in [0.2, 0.25) is 6.29 Å². The smallest absolute Gasteiger partial charge is 0.256 e. The van der Waals surface area contributed by atoms with Crippen LogP contribution in [0.5, 0.6) is 0 Å². The average molecular weight is 343 g/mol. The second-order valence-corrected chi connectivity index (χ2v) is 7.10. The maximum atomic E-state index is 12.0. The molecule has 0 aliphatic carbocycles. The maximum Gasteiger partial charge on any atom is 0.256 e. The van der Waals surface area contributed by atoms with Gasteiger partial charge in [0.1, 0.15) is 0 Å². The summed E-state index contributed by atoms with van der Waals surface area (Å²) in [5, 5.41) is 0. The number of nitrogens with zero attached hydrogens (tertiary/aromatic N) is 1. The van der Waals surface area contributed by atoms with Crippen molar-refractivity contribution in [2.75, 3.05) is 6.54 Å². The molecule has 2 amide bonds. The Bertz CT molecular complexity index is 477. The van der Waals surface area contributed by atoms with E-state index in [1.165, 1.54) is 6.08 Å². The third-order valence-corrected chi connectivity index (χ3v) is 3.99. The van der Waals surface area contributed by atoms with E-state index in [9.17, 15) is 9.59 Å². The summed E-state index contributed by atoms with van der Waals surface area (Å²) in [5.74, 6) is -0.777. The zero-order valence-electron chi connectivity index (χ0n) is 15.7. The van der Waals surface area contributed by atoms with E-state index in [4.69, 9.17) is 19.6 Å². The van der Waals surface area contributed by atoms with E-state index in [0.29, 0.717) is 18.4 Å². The van der Waals surface area contributed by atoms with Gasteiger partial charge in [0.05, 0.1) is 17.7 Å². The highest BCUT2D eigenvalue weighted by atomic mass is 17.3. The lowest BCUT2D eigenvalue weighted by Crippen LogP contribution is -2.42. The van der Waals surface area contributed by atoms with Gasteiger partial charge in [-0.3, -0.25) is 14.5 Å². The molecule has 0 spiro atoms. The van der Waals surface area contributed by atoms with Crippen LogP contribution in [0.25, 0.3) is 0 Å². The van der Waals surface area contributed by atoms with Crippen LogP contribution < -0.4 is 0 Å². The van der Waals surface area contributed by atoms with Crippen molar-refractivity contribution in [3.63, 3.8) is 0 Å². The van der Waals surface area contributed by atoms with Gasteiger partial charge in [0.25, 0.3) is 11.8 Å². The van der Waals surface area contributed by atoms with Gasteiger partial charge >= 0.3 is 0 Å². The van der Waals surface area contributed by atoms with Gasteiger partial charge in [-0.15, -0.1) is 0 Å². The van der Waals surface area contributed by atoms with E-state index < -0.39 is 23.4 Å². The number of imide groups is 1. The molecule has 0 bridgehead atoms. The van der Waals surface area contributed by atoms with E-state index in [1.54, 1.807) is 6.92 Å². The molecule has 0 saturated heterocycles. The van der Waals surface area contributed by atoms with Crippen LogP contribution in [0.4, 0.5) is 0 Å². The van der Waals surface area contributed by atoms with Gasteiger partial charge < -0.3 is 0 Å². The predicted molar refractivity (Wildman–Crippen MR) is 87.3 cm³/mol. The summed E-state index contributed by atoms with van der Waals surface area (Å²) in [6.07, 6.45) is 1.66. The summed E-state index contributed by atoms with van der Waals surface area (Å²) < 4.78 is 0. The Hall–Kier alpha value is -1.28. The number of rotatable bonds is 10. The van der Waals surface area contributed by atoms with Gasteiger partial charge in [0, 0.05) is 11.6 Å². The molecule has 1 rings (SSSR count). The second kappa shape index (κ2) is 8.20. The van der Waals surface area contributed by atoms with Crippen molar-refractivity contribution >= 4 is 11.8 Å². The molecule has 7 nitrogen and oxygen atoms in total. The van der Waals surface area contributed by atoms with Crippen LogP contribution in [0.15, 0.2) is 11.6 Å². The highest BCUT2D eigenvalue weighted by Gasteiger charge is 2.33. The Morgan fingerprint density at radius 3 is 1.79 bits per heavy atom. The minimum Gasteiger partial charge on any atom is -0.270 e. The first-order chi connectivity index (χ1) is 11.0. The summed E-state index contributed by atoms with van der Waals surface area (Å²) in [5.41, 5.74) is -0.687. The first-order valence-corrected chi connectivity index (χ1v) is 8.24. The molecule has 0 radical (unpaired) electrons. The van der Waals surface area contributed by atoms with Crippen molar-refractivity contribution in [3.05, 3.63) is 11.6 Å². The summed E-state index contributed by atoms with van der Waals surface area (Å²) in [7, 11) is 0. The average Bonchev–Trinajstić information content (AvgIpc) is 2.76. The van der Waals surface area contributed by atoms with Crippen LogP contribution in [0.3, 0.4) is 0 Å². The number of hydrogen-bond donors (Lipinski definition) is 0. The Kier molecular flexibility index (Phi) is 7.10. The molecule has 138 valence electrons. The lowest BCUT2D eigenvalue weighted by molar-refractivity contribution is -0.499. The predicted octanol–water partition coefficient (Wildman–Crippen LogP) is 2.90. The fourth-order valence-corrected chi connectivity index (χ4v) is 1.52. The molecule has 0 N–H and O–H groups in total. The van der Waals surface area contributed by atoms with Crippen molar-refractivity contribution in [1.82, 2.24) is 4.90 Å². The van der Waals surface area contributed by atoms with Gasteiger partial charge in [-0.1, -0.05) is 13.8 Å². The molecule has 0 saturated carbocycles. The van der Waals surface area contributed by atoms with E-state index in [2.05, 4.69) is 0 Å². The van der Waals surface area contributed by atoms with E-state index >= 15 is 0 Å². The van der Waals surface area contributed by atoms with Crippen LogP contribution in [-0.4, -0.2) is 40.8 Å². The zero-order valence-corrected chi connectivity index (χ0v) is 15.7. The normalized spacial score (nSPS) is 16.3. The van der Waals surface area contributed by atoms with Gasteiger partial charge in [0.15, 0.2) is 0 Å². The summed E-state index contributed by atoms with van der Waals surface area (Å²) >= 11 is 0. The van der Waals surface area contributed by atoms with Crippen LogP contribution >= 0.6 is 0 Å². The van der Waals surface area contributed by atoms with Crippen molar-refractivity contribution in [2.45, 2.75) is 78.8 Å². The molecule has 24 heavy (non-hydrogen) atoms. The molecule has 1 heterocycles. The van der Waals surface area contributed by atoms with Crippen LogP contribution in [0, 0.1) is 0 Å².